The Labute approximate surface area is 172 Å². The van der Waals surface area contributed by atoms with Crippen LogP contribution in [0, 0.1) is 10.1 Å². The molecule has 8 nitrogen and oxygen atoms in total. The third-order valence-corrected chi connectivity index (χ3v) is 3.82. The number of nitrogens with zero attached hydrogens (tertiary/aromatic N) is 1. The van der Waals surface area contributed by atoms with E-state index < -0.39 is 10.9 Å². The van der Waals surface area contributed by atoms with Crippen LogP contribution in [-0.2, 0) is 9.53 Å². The topological polar surface area (TPSA) is 97.1 Å². The second-order valence-corrected chi connectivity index (χ2v) is 6.00. The Morgan fingerprint density at radius 3 is 1.97 bits per heavy atom. The standard InChI is InChI=1S/C22H19NO7/c24-22(28-15-14-27-18-8-6-17(7-9-18)23(25)26)16-29-19-10-12-21(13-11-19)30-20-4-2-1-3-5-20/h1-13H,14-16H2. The van der Waals surface area contributed by atoms with E-state index >= 15 is 0 Å². The highest BCUT2D eigenvalue weighted by Crippen LogP contribution is 2.23. The number of hydrogen-bond acceptors (Lipinski definition) is 7. The van der Waals surface area contributed by atoms with Crippen molar-refractivity contribution in [2.45, 2.75) is 0 Å². The van der Waals surface area contributed by atoms with Crippen LogP contribution in [0.3, 0.4) is 0 Å². The molecule has 0 unspecified atom stereocenters. The summed E-state index contributed by atoms with van der Waals surface area (Å²) < 4.78 is 21.5. The van der Waals surface area contributed by atoms with E-state index in [4.69, 9.17) is 18.9 Å². The monoisotopic (exact) mass is 409 g/mol. The summed E-state index contributed by atoms with van der Waals surface area (Å²) in [7, 11) is 0. The number of para-hydroxylation sites is 1. The zero-order valence-electron chi connectivity index (χ0n) is 15.9. The van der Waals surface area contributed by atoms with Crippen molar-refractivity contribution in [1.82, 2.24) is 0 Å². The summed E-state index contributed by atoms with van der Waals surface area (Å²) in [5.41, 5.74) is -0.0226. The molecular formula is C22H19NO7. The SMILES string of the molecule is O=C(COc1ccc(Oc2ccccc2)cc1)OCCOc1ccc([N+](=O)[O-])cc1. The Hall–Kier alpha value is -4.07. The molecule has 0 atom stereocenters. The van der Waals surface area contributed by atoms with Gasteiger partial charge in [-0.25, -0.2) is 4.79 Å². The maximum atomic E-state index is 11.8. The van der Waals surface area contributed by atoms with Gasteiger partial charge in [-0.2, -0.15) is 0 Å². The van der Waals surface area contributed by atoms with Crippen LogP contribution >= 0.6 is 0 Å². The van der Waals surface area contributed by atoms with Crippen molar-refractivity contribution in [3.8, 4) is 23.0 Å². The first-order chi connectivity index (χ1) is 14.6. The van der Waals surface area contributed by atoms with E-state index in [1.54, 1.807) is 24.3 Å². The number of nitro groups is 1. The summed E-state index contributed by atoms with van der Waals surface area (Å²) in [6.07, 6.45) is 0. The van der Waals surface area contributed by atoms with Gasteiger partial charge in [-0.15, -0.1) is 0 Å². The van der Waals surface area contributed by atoms with Gasteiger partial charge in [0, 0.05) is 12.1 Å². The highest BCUT2D eigenvalue weighted by molar-refractivity contribution is 5.71. The van der Waals surface area contributed by atoms with Gasteiger partial charge in [0.05, 0.1) is 4.92 Å². The number of non-ortho nitro benzene ring substituents is 1. The van der Waals surface area contributed by atoms with Gasteiger partial charge in [-0.05, 0) is 48.5 Å². The molecule has 0 aliphatic heterocycles. The van der Waals surface area contributed by atoms with Crippen LogP contribution in [0.5, 0.6) is 23.0 Å². The smallest absolute Gasteiger partial charge is 0.344 e. The quantitative estimate of drug-likeness (QED) is 0.212. The van der Waals surface area contributed by atoms with E-state index in [1.807, 2.05) is 30.3 Å². The fourth-order valence-electron chi connectivity index (χ4n) is 2.39. The van der Waals surface area contributed by atoms with Crippen molar-refractivity contribution in [2.75, 3.05) is 19.8 Å². The third-order valence-electron chi connectivity index (χ3n) is 3.82. The molecule has 0 N–H and O–H groups in total. The number of carbonyl (C=O) groups is 1. The third kappa shape index (κ3) is 6.52. The molecule has 0 fully saturated rings. The average Bonchev–Trinajstić information content (AvgIpc) is 2.77. The predicted molar refractivity (Wildman–Crippen MR) is 108 cm³/mol. The van der Waals surface area contributed by atoms with Crippen molar-refractivity contribution in [2.24, 2.45) is 0 Å². The molecule has 0 amide bonds. The second-order valence-electron chi connectivity index (χ2n) is 6.00. The Morgan fingerprint density at radius 1 is 0.733 bits per heavy atom. The second kappa shape index (κ2) is 10.5. The summed E-state index contributed by atoms with van der Waals surface area (Å²) in [6, 6.07) is 21.9. The van der Waals surface area contributed by atoms with Gasteiger partial charge >= 0.3 is 5.97 Å². The number of esters is 1. The largest absolute Gasteiger partial charge is 0.490 e. The molecule has 0 saturated carbocycles. The van der Waals surface area contributed by atoms with Crippen molar-refractivity contribution in [1.29, 1.82) is 0 Å². The Bertz CT molecular complexity index is 957. The molecule has 3 aromatic rings. The number of nitro benzene ring substituents is 1. The molecule has 8 heteroatoms. The first kappa shape index (κ1) is 20.7. The lowest BCUT2D eigenvalue weighted by Crippen LogP contribution is -2.18. The van der Waals surface area contributed by atoms with E-state index in [1.165, 1.54) is 24.3 Å². The molecule has 0 aliphatic carbocycles. The molecule has 0 radical (unpaired) electrons. The van der Waals surface area contributed by atoms with E-state index in [0.717, 1.165) is 5.75 Å². The van der Waals surface area contributed by atoms with Gasteiger partial charge in [-0.3, -0.25) is 10.1 Å². The predicted octanol–water partition coefficient (Wildman–Crippen LogP) is 4.39. The van der Waals surface area contributed by atoms with Crippen LogP contribution in [0.15, 0.2) is 78.9 Å². The molecule has 0 bridgehead atoms. The summed E-state index contributed by atoms with van der Waals surface area (Å²) in [5, 5.41) is 10.6. The number of benzene rings is 3. The van der Waals surface area contributed by atoms with Crippen molar-refractivity contribution < 1.29 is 28.7 Å². The summed E-state index contributed by atoms with van der Waals surface area (Å²) >= 11 is 0. The van der Waals surface area contributed by atoms with Gasteiger partial charge in [-0.1, -0.05) is 18.2 Å². The molecule has 30 heavy (non-hydrogen) atoms. The lowest BCUT2D eigenvalue weighted by molar-refractivity contribution is -0.384. The molecule has 0 spiro atoms. The van der Waals surface area contributed by atoms with Crippen LogP contribution in [0.2, 0.25) is 0 Å². The Morgan fingerprint density at radius 2 is 1.30 bits per heavy atom. The Kier molecular flexibility index (Phi) is 7.21. The van der Waals surface area contributed by atoms with Gasteiger partial charge < -0.3 is 18.9 Å². The molecule has 3 rings (SSSR count). The first-order valence-corrected chi connectivity index (χ1v) is 9.09. The molecule has 0 aromatic heterocycles. The maximum absolute atomic E-state index is 11.8. The lowest BCUT2D eigenvalue weighted by atomic mass is 10.3. The van der Waals surface area contributed by atoms with Crippen LogP contribution in [0.25, 0.3) is 0 Å². The lowest BCUT2D eigenvalue weighted by Gasteiger charge is -2.09. The highest BCUT2D eigenvalue weighted by Gasteiger charge is 2.07. The number of carbonyl (C=O) groups excluding carboxylic acids is 1. The molecule has 0 heterocycles. The average molecular weight is 409 g/mol. The minimum absolute atomic E-state index is 0.0226. The van der Waals surface area contributed by atoms with Gasteiger partial charge in [0.1, 0.15) is 36.2 Å². The molecule has 0 aliphatic rings. The molecular weight excluding hydrogens is 390 g/mol. The van der Waals surface area contributed by atoms with E-state index in [9.17, 15) is 14.9 Å². The van der Waals surface area contributed by atoms with E-state index in [2.05, 4.69) is 0 Å². The molecule has 3 aromatic carbocycles. The zero-order chi connectivity index (χ0) is 21.2. The van der Waals surface area contributed by atoms with Crippen molar-refractivity contribution in [3.63, 3.8) is 0 Å². The minimum Gasteiger partial charge on any atom is -0.490 e. The van der Waals surface area contributed by atoms with Gasteiger partial charge in [0.25, 0.3) is 5.69 Å². The van der Waals surface area contributed by atoms with Gasteiger partial charge in [0.2, 0.25) is 0 Å². The van der Waals surface area contributed by atoms with Crippen LogP contribution in [0.1, 0.15) is 0 Å². The molecule has 0 saturated heterocycles. The minimum atomic E-state index is -0.535. The fraction of sp³-hybridized carbons (Fsp3) is 0.136. The van der Waals surface area contributed by atoms with Crippen molar-refractivity contribution >= 4 is 11.7 Å². The highest BCUT2D eigenvalue weighted by atomic mass is 16.6. The number of ether oxygens (including phenoxy) is 4. The summed E-state index contributed by atoms with van der Waals surface area (Å²) in [6.45, 7) is -0.0888. The maximum Gasteiger partial charge on any atom is 0.344 e. The number of hydrogen-bond donors (Lipinski definition) is 0. The van der Waals surface area contributed by atoms with Crippen LogP contribution in [-0.4, -0.2) is 30.7 Å². The van der Waals surface area contributed by atoms with E-state index in [0.29, 0.717) is 17.2 Å². The van der Waals surface area contributed by atoms with Gasteiger partial charge in [0.15, 0.2) is 6.61 Å². The number of rotatable bonds is 10. The summed E-state index contributed by atoms with van der Waals surface area (Å²) in [4.78, 5) is 21.9. The Balaban J connectivity index is 1.33. The zero-order valence-corrected chi connectivity index (χ0v) is 15.9. The fourth-order valence-corrected chi connectivity index (χ4v) is 2.39. The first-order valence-electron chi connectivity index (χ1n) is 9.09. The summed E-state index contributed by atoms with van der Waals surface area (Å²) in [5.74, 6) is 1.80. The normalized spacial score (nSPS) is 10.1. The van der Waals surface area contributed by atoms with Crippen LogP contribution < -0.4 is 14.2 Å². The van der Waals surface area contributed by atoms with Crippen molar-refractivity contribution in [3.05, 3.63) is 89.0 Å². The molecule has 154 valence electrons. The van der Waals surface area contributed by atoms with Crippen LogP contribution in [0.4, 0.5) is 5.69 Å². The van der Waals surface area contributed by atoms with E-state index in [-0.39, 0.29) is 25.5 Å².